The van der Waals surface area contributed by atoms with E-state index in [4.69, 9.17) is 0 Å². The lowest BCUT2D eigenvalue weighted by molar-refractivity contribution is -0.149. The molecule has 2 heterocycles. The second kappa shape index (κ2) is 5.16. The van der Waals surface area contributed by atoms with Gasteiger partial charge < -0.3 is 10.2 Å². The van der Waals surface area contributed by atoms with E-state index >= 15 is 0 Å². The first kappa shape index (κ1) is 14.1. The van der Waals surface area contributed by atoms with Crippen LogP contribution in [0.1, 0.15) is 51.3 Å². The van der Waals surface area contributed by atoms with Crippen molar-refractivity contribution in [2.24, 2.45) is 0 Å². The van der Waals surface area contributed by atoms with Gasteiger partial charge in [-0.2, -0.15) is 5.10 Å². The maximum atomic E-state index is 12.3. The van der Waals surface area contributed by atoms with Crippen LogP contribution in [0.5, 0.6) is 0 Å². The topological polar surface area (TPSA) is 67.2 Å². The van der Waals surface area contributed by atoms with Gasteiger partial charge in [0.25, 0.3) is 0 Å². The molecule has 2 fully saturated rings. The summed E-state index contributed by atoms with van der Waals surface area (Å²) in [6, 6.07) is 2.45. The summed E-state index contributed by atoms with van der Waals surface area (Å²) in [5, 5.41) is 7.30. The van der Waals surface area contributed by atoms with Crippen LogP contribution in [0.4, 0.5) is 0 Å². The Morgan fingerprint density at radius 2 is 2.05 bits per heavy atom. The highest BCUT2D eigenvalue weighted by Gasteiger charge is 2.39. The van der Waals surface area contributed by atoms with Crippen molar-refractivity contribution in [3.8, 4) is 0 Å². The van der Waals surface area contributed by atoms with Crippen molar-refractivity contribution in [1.82, 2.24) is 20.0 Å². The van der Waals surface area contributed by atoms with E-state index in [-0.39, 0.29) is 18.4 Å². The average Bonchev–Trinajstić information content (AvgIpc) is 3.05. The van der Waals surface area contributed by atoms with Gasteiger partial charge in [0.15, 0.2) is 0 Å². The van der Waals surface area contributed by atoms with Gasteiger partial charge in [0, 0.05) is 6.20 Å². The van der Waals surface area contributed by atoms with Crippen LogP contribution in [0.3, 0.4) is 0 Å². The molecule has 0 spiro atoms. The molecular formula is C15H22N4O2. The highest BCUT2D eigenvalue weighted by molar-refractivity contribution is 5.97. The Labute approximate surface area is 124 Å². The smallest absolute Gasteiger partial charge is 0.248 e. The zero-order chi connectivity index (χ0) is 15.0. The van der Waals surface area contributed by atoms with Crippen molar-refractivity contribution in [3.05, 3.63) is 18.0 Å². The molecule has 0 radical (unpaired) electrons. The standard InChI is InChI=1S/C15H22N4O2/c1-15(2)14(21)18(10-13(20)16-15)9-11-7-8-19(17-11)12-5-3-4-6-12/h7-8,12H,3-6,9-10H2,1-2H3,(H,16,20). The van der Waals surface area contributed by atoms with E-state index in [0.29, 0.717) is 12.6 Å². The Morgan fingerprint density at radius 1 is 1.33 bits per heavy atom. The van der Waals surface area contributed by atoms with Gasteiger partial charge in [-0.25, -0.2) is 0 Å². The highest BCUT2D eigenvalue weighted by atomic mass is 16.2. The average molecular weight is 290 g/mol. The third-order valence-electron chi connectivity index (χ3n) is 4.32. The molecule has 3 rings (SSSR count). The van der Waals surface area contributed by atoms with Crippen LogP contribution in [0.15, 0.2) is 12.3 Å². The van der Waals surface area contributed by atoms with Gasteiger partial charge in [-0.05, 0) is 32.8 Å². The van der Waals surface area contributed by atoms with E-state index in [0.717, 1.165) is 5.69 Å². The number of piperazine rings is 1. The van der Waals surface area contributed by atoms with E-state index in [1.807, 2.05) is 16.9 Å². The van der Waals surface area contributed by atoms with Gasteiger partial charge >= 0.3 is 0 Å². The zero-order valence-electron chi connectivity index (χ0n) is 12.6. The lowest BCUT2D eigenvalue weighted by Gasteiger charge is -2.37. The van der Waals surface area contributed by atoms with E-state index in [9.17, 15) is 9.59 Å². The molecule has 2 aliphatic rings. The predicted molar refractivity (Wildman–Crippen MR) is 77.4 cm³/mol. The molecule has 1 saturated carbocycles. The number of rotatable bonds is 3. The minimum atomic E-state index is -0.830. The second-order valence-electron chi connectivity index (χ2n) is 6.56. The van der Waals surface area contributed by atoms with E-state index in [1.165, 1.54) is 25.7 Å². The third-order valence-corrected chi connectivity index (χ3v) is 4.32. The fourth-order valence-electron chi connectivity index (χ4n) is 3.24. The maximum Gasteiger partial charge on any atom is 0.248 e. The summed E-state index contributed by atoms with van der Waals surface area (Å²) >= 11 is 0. The molecule has 0 unspecified atom stereocenters. The molecule has 21 heavy (non-hydrogen) atoms. The summed E-state index contributed by atoms with van der Waals surface area (Å²) in [5.41, 5.74) is 0.0179. The van der Waals surface area contributed by atoms with Gasteiger partial charge in [-0.3, -0.25) is 14.3 Å². The maximum absolute atomic E-state index is 12.3. The molecule has 2 amide bonds. The Morgan fingerprint density at radius 3 is 2.76 bits per heavy atom. The summed E-state index contributed by atoms with van der Waals surface area (Å²) in [5.74, 6) is -0.174. The first-order valence-electron chi connectivity index (χ1n) is 7.60. The number of nitrogens with zero attached hydrogens (tertiary/aromatic N) is 3. The number of hydrogen-bond acceptors (Lipinski definition) is 3. The summed E-state index contributed by atoms with van der Waals surface area (Å²) in [7, 11) is 0. The SMILES string of the molecule is CC1(C)NC(=O)CN(Cc2ccn(C3CCCC3)n2)C1=O. The van der Waals surface area contributed by atoms with Crippen molar-refractivity contribution in [2.45, 2.75) is 57.7 Å². The number of amides is 2. The Balaban J connectivity index is 1.71. The molecule has 0 atom stereocenters. The summed E-state index contributed by atoms with van der Waals surface area (Å²) in [4.78, 5) is 25.6. The Kier molecular flexibility index (Phi) is 3.47. The summed E-state index contributed by atoms with van der Waals surface area (Å²) in [6.45, 7) is 3.97. The zero-order valence-corrected chi connectivity index (χ0v) is 12.6. The molecule has 1 saturated heterocycles. The van der Waals surface area contributed by atoms with Crippen LogP contribution in [0, 0.1) is 0 Å². The first-order chi connectivity index (χ1) is 9.95. The fourth-order valence-corrected chi connectivity index (χ4v) is 3.24. The molecule has 6 nitrogen and oxygen atoms in total. The van der Waals surface area contributed by atoms with Crippen LogP contribution in [0.25, 0.3) is 0 Å². The normalized spacial score (nSPS) is 22.7. The Bertz CT molecular complexity index is 558. The number of carbonyl (C=O) groups is 2. The molecule has 0 bridgehead atoms. The molecule has 1 aromatic heterocycles. The summed E-state index contributed by atoms with van der Waals surface area (Å²) in [6.07, 6.45) is 6.88. The van der Waals surface area contributed by atoms with Crippen molar-refractivity contribution >= 4 is 11.8 Å². The second-order valence-corrected chi connectivity index (χ2v) is 6.56. The van der Waals surface area contributed by atoms with Crippen molar-refractivity contribution in [3.63, 3.8) is 0 Å². The van der Waals surface area contributed by atoms with Gasteiger partial charge in [-0.1, -0.05) is 12.8 Å². The predicted octanol–water partition coefficient (Wildman–Crippen LogP) is 1.24. The van der Waals surface area contributed by atoms with E-state index < -0.39 is 5.54 Å². The number of carbonyl (C=O) groups excluding carboxylic acids is 2. The minimum Gasteiger partial charge on any atom is -0.341 e. The third kappa shape index (κ3) is 2.80. The van der Waals surface area contributed by atoms with Gasteiger partial charge in [0.05, 0.1) is 18.3 Å². The number of hydrogen-bond donors (Lipinski definition) is 1. The number of aromatic nitrogens is 2. The molecule has 0 aromatic carbocycles. The quantitative estimate of drug-likeness (QED) is 0.910. The van der Waals surface area contributed by atoms with E-state index in [2.05, 4.69) is 10.4 Å². The highest BCUT2D eigenvalue weighted by Crippen LogP contribution is 2.28. The van der Waals surface area contributed by atoms with E-state index in [1.54, 1.807) is 18.7 Å². The van der Waals surface area contributed by atoms with Crippen molar-refractivity contribution in [1.29, 1.82) is 0 Å². The van der Waals surface area contributed by atoms with Crippen LogP contribution in [-0.2, 0) is 16.1 Å². The van der Waals surface area contributed by atoms with Gasteiger partial charge in [0.1, 0.15) is 12.1 Å². The largest absolute Gasteiger partial charge is 0.341 e. The monoisotopic (exact) mass is 290 g/mol. The molecule has 114 valence electrons. The van der Waals surface area contributed by atoms with Crippen LogP contribution < -0.4 is 5.32 Å². The van der Waals surface area contributed by atoms with Crippen molar-refractivity contribution in [2.75, 3.05) is 6.54 Å². The molecule has 1 aromatic rings. The Hall–Kier alpha value is -1.85. The molecule has 1 aliphatic carbocycles. The lowest BCUT2D eigenvalue weighted by atomic mass is 10.0. The molecule has 1 N–H and O–H groups in total. The van der Waals surface area contributed by atoms with Crippen molar-refractivity contribution < 1.29 is 9.59 Å². The van der Waals surface area contributed by atoms with Gasteiger partial charge in [-0.15, -0.1) is 0 Å². The number of nitrogens with one attached hydrogen (secondary N) is 1. The molecule has 1 aliphatic heterocycles. The summed E-state index contributed by atoms with van der Waals surface area (Å²) < 4.78 is 2.02. The fraction of sp³-hybridized carbons (Fsp3) is 0.667. The lowest BCUT2D eigenvalue weighted by Crippen LogP contribution is -2.63. The van der Waals surface area contributed by atoms with Crippen LogP contribution in [0.2, 0.25) is 0 Å². The molecule has 6 heteroatoms. The van der Waals surface area contributed by atoms with Gasteiger partial charge in [0.2, 0.25) is 11.8 Å². The molecular weight excluding hydrogens is 268 g/mol. The van der Waals surface area contributed by atoms with Crippen LogP contribution in [-0.4, -0.2) is 38.6 Å². The first-order valence-corrected chi connectivity index (χ1v) is 7.60. The van der Waals surface area contributed by atoms with Crippen LogP contribution >= 0.6 is 0 Å². The minimum absolute atomic E-state index is 0.0579.